The molecule has 0 aliphatic carbocycles. The summed E-state index contributed by atoms with van der Waals surface area (Å²) in [6.07, 6.45) is 8.00. The van der Waals surface area contributed by atoms with E-state index in [1.54, 1.807) is 0 Å². The van der Waals surface area contributed by atoms with Gasteiger partial charge in [-0.25, -0.2) is 0 Å². The number of benzene rings is 2. The molecule has 0 spiro atoms. The molecule has 0 amide bonds. The maximum absolute atomic E-state index is 4.00. The standard InChI is InChI=1S/C13H12.C2H6.C2H2/c1-11-7-9-13(10-8-11)12-5-3-2-4-6-12;2*1-2/h2-10H,1H3;1-2H3;1-2H. The monoisotopic (exact) mass is 224 g/mol. The molecule has 17 heavy (non-hydrogen) atoms. The largest absolute Gasteiger partial charge is 0.124 e. The van der Waals surface area contributed by atoms with E-state index in [0.717, 1.165) is 0 Å². The maximum atomic E-state index is 4.00. The molecule has 0 saturated carbocycles. The molecule has 0 aliphatic rings. The summed E-state index contributed by atoms with van der Waals surface area (Å²) < 4.78 is 0. The van der Waals surface area contributed by atoms with Crippen LogP contribution in [-0.2, 0) is 0 Å². The van der Waals surface area contributed by atoms with E-state index >= 15 is 0 Å². The highest BCUT2D eigenvalue weighted by molar-refractivity contribution is 5.63. The van der Waals surface area contributed by atoms with E-state index < -0.39 is 0 Å². The van der Waals surface area contributed by atoms with Gasteiger partial charge in [-0.15, -0.1) is 12.8 Å². The normalized spacial score (nSPS) is 8.06. The van der Waals surface area contributed by atoms with Crippen LogP contribution in [0.4, 0.5) is 0 Å². The molecule has 0 aromatic heterocycles. The fourth-order valence-electron chi connectivity index (χ4n) is 1.38. The second kappa shape index (κ2) is 9.24. The Bertz CT molecular complexity index is 407. The Morgan fingerprint density at radius 2 is 1.06 bits per heavy atom. The van der Waals surface area contributed by atoms with Gasteiger partial charge < -0.3 is 0 Å². The fraction of sp³-hybridized carbons (Fsp3) is 0.176. The van der Waals surface area contributed by atoms with E-state index in [-0.39, 0.29) is 0 Å². The molecule has 0 bridgehead atoms. The Labute approximate surface area is 105 Å². The lowest BCUT2D eigenvalue weighted by molar-refractivity contribution is 1.47. The lowest BCUT2D eigenvalue weighted by Crippen LogP contribution is -1.76. The van der Waals surface area contributed by atoms with Crippen molar-refractivity contribution in [3.63, 3.8) is 0 Å². The first kappa shape index (κ1) is 15.0. The Morgan fingerprint density at radius 3 is 1.53 bits per heavy atom. The van der Waals surface area contributed by atoms with Gasteiger partial charge in [0.05, 0.1) is 0 Å². The lowest BCUT2D eigenvalue weighted by atomic mass is 10.0. The van der Waals surface area contributed by atoms with Crippen LogP contribution in [0.15, 0.2) is 54.6 Å². The van der Waals surface area contributed by atoms with Gasteiger partial charge in [-0.3, -0.25) is 0 Å². The molecule has 0 aliphatic heterocycles. The molecule has 2 rings (SSSR count). The lowest BCUT2D eigenvalue weighted by Gasteiger charge is -2.00. The smallest absolute Gasteiger partial charge is 0.0184 e. The molecule has 0 radical (unpaired) electrons. The van der Waals surface area contributed by atoms with Crippen LogP contribution in [0.5, 0.6) is 0 Å². The summed E-state index contributed by atoms with van der Waals surface area (Å²) in [5, 5.41) is 0. The average molecular weight is 224 g/mol. The SMILES string of the molecule is C#C.CC.Cc1ccc(-c2ccccc2)cc1. The van der Waals surface area contributed by atoms with E-state index in [0.29, 0.717) is 0 Å². The Balaban J connectivity index is 0.000000581. The van der Waals surface area contributed by atoms with Crippen LogP contribution >= 0.6 is 0 Å². The highest BCUT2D eigenvalue weighted by Crippen LogP contribution is 2.18. The highest BCUT2D eigenvalue weighted by Gasteiger charge is 1.93. The van der Waals surface area contributed by atoms with Crippen molar-refractivity contribution in [3.8, 4) is 24.0 Å². The summed E-state index contributed by atoms with van der Waals surface area (Å²) in [5.74, 6) is 0. The zero-order chi connectivity index (χ0) is 13.1. The van der Waals surface area contributed by atoms with Gasteiger partial charge in [0, 0.05) is 0 Å². The van der Waals surface area contributed by atoms with E-state index in [9.17, 15) is 0 Å². The zero-order valence-corrected chi connectivity index (χ0v) is 10.9. The molecule has 0 saturated heterocycles. The van der Waals surface area contributed by atoms with Crippen LogP contribution in [0.3, 0.4) is 0 Å². The van der Waals surface area contributed by atoms with E-state index in [1.807, 2.05) is 19.9 Å². The molecule has 0 heterocycles. The molecule has 0 atom stereocenters. The van der Waals surface area contributed by atoms with Gasteiger partial charge in [0.25, 0.3) is 0 Å². The minimum Gasteiger partial charge on any atom is -0.124 e. The van der Waals surface area contributed by atoms with Gasteiger partial charge in [0.2, 0.25) is 0 Å². The summed E-state index contributed by atoms with van der Waals surface area (Å²) in [5.41, 5.74) is 3.87. The Hall–Kier alpha value is -2.00. The Morgan fingerprint density at radius 1 is 0.647 bits per heavy atom. The van der Waals surface area contributed by atoms with Crippen LogP contribution in [0.1, 0.15) is 19.4 Å². The predicted octanol–water partition coefficient (Wildman–Crippen LogP) is 4.94. The van der Waals surface area contributed by atoms with Crippen LogP contribution in [0.2, 0.25) is 0 Å². The Kier molecular flexibility index (Phi) is 8.15. The maximum Gasteiger partial charge on any atom is -0.0184 e. The van der Waals surface area contributed by atoms with Gasteiger partial charge in [0.1, 0.15) is 0 Å². The van der Waals surface area contributed by atoms with E-state index in [1.165, 1.54) is 16.7 Å². The minimum atomic E-state index is 1.28. The second-order valence-electron chi connectivity index (χ2n) is 3.23. The summed E-state index contributed by atoms with van der Waals surface area (Å²) in [6.45, 7) is 6.11. The molecular formula is C17H20. The van der Waals surface area contributed by atoms with Crippen LogP contribution in [-0.4, -0.2) is 0 Å². The van der Waals surface area contributed by atoms with Crippen LogP contribution in [0.25, 0.3) is 11.1 Å². The van der Waals surface area contributed by atoms with Crippen LogP contribution < -0.4 is 0 Å². The van der Waals surface area contributed by atoms with Gasteiger partial charge in [0.15, 0.2) is 0 Å². The molecular weight excluding hydrogens is 204 g/mol. The first-order valence-corrected chi connectivity index (χ1v) is 5.82. The first-order chi connectivity index (χ1) is 8.36. The predicted molar refractivity (Wildman–Crippen MR) is 77.9 cm³/mol. The zero-order valence-electron chi connectivity index (χ0n) is 10.9. The number of hydrogen-bond acceptors (Lipinski definition) is 0. The third-order valence-electron chi connectivity index (χ3n) is 2.16. The summed E-state index contributed by atoms with van der Waals surface area (Å²) in [6, 6.07) is 19.0. The topological polar surface area (TPSA) is 0 Å². The van der Waals surface area contributed by atoms with Gasteiger partial charge in [-0.05, 0) is 18.1 Å². The second-order valence-corrected chi connectivity index (χ2v) is 3.23. The number of hydrogen-bond donors (Lipinski definition) is 0. The van der Waals surface area contributed by atoms with Crippen molar-refractivity contribution in [3.05, 3.63) is 60.2 Å². The van der Waals surface area contributed by atoms with Gasteiger partial charge in [-0.2, -0.15) is 0 Å². The third kappa shape index (κ3) is 5.04. The van der Waals surface area contributed by atoms with E-state index in [2.05, 4.69) is 68.3 Å². The van der Waals surface area contributed by atoms with E-state index in [4.69, 9.17) is 0 Å². The number of terminal acetylenes is 1. The van der Waals surface area contributed by atoms with Crippen molar-refractivity contribution in [2.45, 2.75) is 20.8 Å². The quantitative estimate of drug-likeness (QED) is 0.602. The molecule has 0 nitrogen and oxygen atoms in total. The van der Waals surface area contributed by atoms with Crippen molar-refractivity contribution >= 4 is 0 Å². The van der Waals surface area contributed by atoms with Crippen LogP contribution in [0, 0.1) is 19.8 Å². The molecule has 0 fully saturated rings. The fourth-order valence-corrected chi connectivity index (χ4v) is 1.38. The molecule has 0 N–H and O–H groups in total. The summed E-state index contributed by atoms with van der Waals surface area (Å²) >= 11 is 0. The van der Waals surface area contributed by atoms with Crippen molar-refractivity contribution < 1.29 is 0 Å². The molecule has 2 aromatic carbocycles. The number of rotatable bonds is 1. The average Bonchev–Trinajstić information content (AvgIpc) is 2.45. The van der Waals surface area contributed by atoms with Crippen molar-refractivity contribution in [2.75, 3.05) is 0 Å². The minimum absolute atomic E-state index is 1.28. The van der Waals surface area contributed by atoms with Crippen molar-refractivity contribution in [1.82, 2.24) is 0 Å². The summed E-state index contributed by atoms with van der Waals surface area (Å²) in [7, 11) is 0. The van der Waals surface area contributed by atoms with Gasteiger partial charge in [-0.1, -0.05) is 74.0 Å². The molecule has 0 heteroatoms. The number of aryl methyl sites for hydroxylation is 1. The third-order valence-corrected chi connectivity index (χ3v) is 2.16. The van der Waals surface area contributed by atoms with Gasteiger partial charge >= 0.3 is 0 Å². The van der Waals surface area contributed by atoms with Crippen molar-refractivity contribution in [2.24, 2.45) is 0 Å². The first-order valence-electron chi connectivity index (χ1n) is 5.82. The molecule has 2 aromatic rings. The summed E-state index contributed by atoms with van der Waals surface area (Å²) in [4.78, 5) is 0. The molecule has 88 valence electrons. The van der Waals surface area contributed by atoms with Crippen molar-refractivity contribution in [1.29, 1.82) is 0 Å². The molecule has 0 unspecified atom stereocenters. The highest BCUT2D eigenvalue weighted by atomic mass is 14.0.